The normalized spacial score (nSPS) is 27.6. The second-order valence-corrected chi connectivity index (χ2v) is 14.0. The topological polar surface area (TPSA) is 67.3 Å². The predicted octanol–water partition coefficient (Wildman–Crippen LogP) is 5.46. The van der Waals surface area contributed by atoms with E-state index in [9.17, 15) is 13.2 Å². The van der Waals surface area contributed by atoms with Gasteiger partial charge in [0.05, 0.1) is 11.4 Å². The number of hydrogen-bond acceptors (Lipinski definition) is 4. The smallest absolute Gasteiger partial charge is 0.215 e. The third kappa shape index (κ3) is 3.63. The van der Waals surface area contributed by atoms with Crippen molar-refractivity contribution in [2.45, 2.75) is 58.8 Å². The van der Waals surface area contributed by atoms with Crippen LogP contribution in [0.2, 0.25) is 5.02 Å². The minimum Gasteiger partial charge on any atom is -0.299 e. The Balaban J connectivity index is 1.31. The largest absolute Gasteiger partial charge is 0.299 e. The van der Waals surface area contributed by atoms with E-state index in [1.54, 1.807) is 4.31 Å². The average Bonchev–Trinajstić information content (AvgIpc) is 3.10. The maximum Gasteiger partial charge on any atom is 0.215 e. The molecule has 2 aromatic rings. The van der Waals surface area contributed by atoms with E-state index >= 15 is 0 Å². The third-order valence-electron chi connectivity index (χ3n) is 9.77. The lowest BCUT2D eigenvalue weighted by Gasteiger charge is -2.38. The number of pyridine rings is 1. The molecule has 5 nitrogen and oxygen atoms in total. The van der Waals surface area contributed by atoms with Crippen molar-refractivity contribution in [3.63, 3.8) is 0 Å². The lowest BCUT2D eigenvalue weighted by Crippen LogP contribution is -2.47. The molecular formula is C29H33ClN2O3S. The molecule has 190 valence electrons. The zero-order valence-corrected chi connectivity index (χ0v) is 22.6. The second-order valence-electron chi connectivity index (χ2n) is 11.6. The zero-order valence-electron chi connectivity index (χ0n) is 21.0. The third-order valence-corrected chi connectivity index (χ3v) is 12.0. The van der Waals surface area contributed by atoms with Crippen molar-refractivity contribution in [1.82, 2.24) is 9.29 Å². The quantitative estimate of drug-likeness (QED) is 0.535. The van der Waals surface area contributed by atoms with Gasteiger partial charge in [0.2, 0.25) is 10.0 Å². The summed E-state index contributed by atoms with van der Waals surface area (Å²) >= 11 is 6.34. The van der Waals surface area contributed by atoms with E-state index in [0.29, 0.717) is 44.7 Å². The van der Waals surface area contributed by atoms with E-state index in [1.165, 1.54) is 16.7 Å². The average molecular weight is 525 g/mol. The van der Waals surface area contributed by atoms with Gasteiger partial charge in [-0.1, -0.05) is 43.2 Å². The van der Waals surface area contributed by atoms with E-state index < -0.39 is 15.4 Å². The van der Waals surface area contributed by atoms with Gasteiger partial charge in [-0.3, -0.25) is 9.78 Å². The van der Waals surface area contributed by atoms with Crippen LogP contribution in [-0.4, -0.2) is 42.3 Å². The first kappa shape index (κ1) is 24.3. The Morgan fingerprint density at radius 3 is 2.53 bits per heavy atom. The number of carbonyl (C=O) groups is 1. The number of benzene rings is 1. The van der Waals surface area contributed by atoms with Crippen molar-refractivity contribution in [1.29, 1.82) is 0 Å². The fourth-order valence-electron chi connectivity index (χ4n) is 7.43. The number of rotatable bonds is 3. The van der Waals surface area contributed by atoms with Crippen LogP contribution in [-0.2, 0) is 27.7 Å². The van der Waals surface area contributed by atoms with Crippen molar-refractivity contribution < 1.29 is 13.2 Å². The summed E-state index contributed by atoms with van der Waals surface area (Å²) in [7, 11) is -3.55. The molecule has 0 radical (unpaired) electrons. The number of nitrogens with zero attached hydrogens (tertiary/aromatic N) is 2. The molecule has 2 heterocycles. The summed E-state index contributed by atoms with van der Waals surface area (Å²) in [5.41, 5.74) is 6.04. The summed E-state index contributed by atoms with van der Waals surface area (Å²) in [4.78, 5) is 17.8. The van der Waals surface area contributed by atoms with E-state index in [0.717, 1.165) is 41.1 Å². The molecule has 2 bridgehead atoms. The number of carbonyl (C=O) groups excluding carboxylic acids is 1. The van der Waals surface area contributed by atoms with Crippen LogP contribution in [0.25, 0.3) is 5.57 Å². The molecule has 3 aliphatic carbocycles. The van der Waals surface area contributed by atoms with Crippen LogP contribution in [0.1, 0.15) is 68.3 Å². The maximum absolute atomic E-state index is 13.7. The molecule has 2 saturated carbocycles. The van der Waals surface area contributed by atoms with E-state index in [4.69, 9.17) is 16.6 Å². The van der Waals surface area contributed by atoms with Gasteiger partial charge in [0.25, 0.3) is 0 Å². The zero-order chi connectivity index (χ0) is 25.3. The summed E-state index contributed by atoms with van der Waals surface area (Å²) in [5, 5.41) is 0.732. The first-order valence-electron chi connectivity index (χ1n) is 13.1. The summed E-state index contributed by atoms with van der Waals surface area (Å²) in [5.74, 6) is 0.428. The van der Waals surface area contributed by atoms with Crippen LogP contribution < -0.4 is 0 Å². The Kier molecular flexibility index (Phi) is 5.75. The second kappa shape index (κ2) is 8.50. The molecular weight excluding hydrogens is 492 g/mol. The van der Waals surface area contributed by atoms with E-state index in [1.807, 2.05) is 18.3 Å². The van der Waals surface area contributed by atoms with Crippen molar-refractivity contribution in [3.8, 4) is 0 Å². The highest BCUT2D eigenvalue weighted by Gasteiger charge is 2.65. The first-order valence-corrected chi connectivity index (χ1v) is 15.1. The summed E-state index contributed by atoms with van der Waals surface area (Å²) < 4.78 is 29.0. The molecule has 4 aliphatic rings. The fourth-order valence-corrected chi connectivity index (χ4v) is 9.84. The molecule has 7 heteroatoms. The molecule has 0 spiro atoms. The molecule has 2 unspecified atom stereocenters. The molecule has 2 atom stereocenters. The molecule has 1 saturated heterocycles. The molecule has 0 N–H and O–H groups in total. The summed E-state index contributed by atoms with van der Waals surface area (Å²) in [6.07, 6.45) is 7.18. The number of ketones is 1. The first-order chi connectivity index (χ1) is 17.1. The molecule has 0 amide bonds. The van der Waals surface area contributed by atoms with Gasteiger partial charge >= 0.3 is 0 Å². The van der Waals surface area contributed by atoms with Gasteiger partial charge in [-0.15, -0.1) is 0 Å². The van der Waals surface area contributed by atoms with Crippen molar-refractivity contribution in [3.05, 3.63) is 69.5 Å². The predicted molar refractivity (Wildman–Crippen MR) is 142 cm³/mol. The van der Waals surface area contributed by atoms with Gasteiger partial charge in [0, 0.05) is 41.7 Å². The lowest BCUT2D eigenvalue weighted by molar-refractivity contribution is -0.128. The standard InChI is InChI=1S/C29H33ClN2O3S/c1-28(2)22-9-12-29(28,25(33)17-22)18-36(34,35)32-14-10-19(11-15-32)26-24-8-7-23(30)16-21(24)6-5-20-4-3-13-31-27(20)26/h3-4,7-8,13,16,22H,5-6,9-12,14-15,17-18H2,1-2H3. The fraction of sp³-hybridized carbons (Fsp3) is 0.517. The van der Waals surface area contributed by atoms with Crippen LogP contribution in [0.15, 0.2) is 42.1 Å². The summed E-state index contributed by atoms with van der Waals surface area (Å²) in [6.45, 7) is 5.09. The number of hydrogen-bond donors (Lipinski definition) is 0. The van der Waals surface area contributed by atoms with Crippen LogP contribution in [0.5, 0.6) is 0 Å². The van der Waals surface area contributed by atoms with E-state index in [2.05, 4.69) is 32.0 Å². The van der Waals surface area contributed by atoms with Gasteiger partial charge in [-0.2, -0.15) is 0 Å². The van der Waals surface area contributed by atoms with Gasteiger partial charge in [0.1, 0.15) is 5.78 Å². The SMILES string of the molecule is CC1(C)C2CCC1(CS(=O)(=O)N1CCC(=C3c4ccc(Cl)cc4CCc4cccnc43)CC1)C(=O)C2. The van der Waals surface area contributed by atoms with Gasteiger partial charge in [0.15, 0.2) is 0 Å². The van der Waals surface area contributed by atoms with Crippen molar-refractivity contribution >= 4 is 33.0 Å². The number of halogens is 1. The minimum atomic E-state index is -3.55. The molecule has 6 rings (SSSR count). The number of Topliss-reactive ketones (excluding diaryl/α,β-unsaturated/α-hetero) is 1. The molecule has 1 aliphatic heterocycles. The van der Waals surface area contributed by atoms with Crippen molar-refractivity contribution in [2.75, 3.05) is 18.8 Å². The molecule has 1 aromatic heterocycles. The highest BCUT2D eigenvalue weighted by molar-refractivity contribution is 7.89. The Bertz CT molecular complexity index is 1390. The lowest BCUT2D eigenvalue weighted by atomic mass is 9.70. The number of aryl methyl sites for hydroxylation is 2. The van der Waals surface area contributed by atoms with Crippen LogP contribution >= 0.6 is 11.6 Å². The van der Waals surface area contributed by atoms with Gasteiger partial charge in [-0.25, -0.2) is 12.7 Å². The molecule has 1 aromatic carbocycles. The number of aromatic nitrogens is 1. The Morgan fingerprint density at radius 1 is 1.08 bits per heavy atom. The monoisotopic (exact) mass is 524 g/mol. The van der Waals surface area contributed by atoms with Crippen molar-refractivity contribution in [2.24, 2.45) is 16.7 Å². The summed E-state index contributed by atoms with van der Waals surface area (Å²) in [6, 6.07) is 10.2. The van der Waals surface area contributed by atoms with E-state index in [-0.39, 0.29) is 17.0 Å². The van der Waals surface area contributed by atoms with Gasteiger partial charge in [-0.05, 0) is 84.7 Å². The minimum absolute atomic E-state index is 0.0417. The van der Waals surface area contributed by atoms with Crippen LogP contribution in [0.3, 0.4) is 0 Å². The Labute approximate surface area is 219 Å². The molecule has 3 fully saturated rings. The Morgan fingerprint density at radius 2 is 1.83 bits per heavy atom. The van der Waals surface area contributed by atoms with Gasteiger partial charge < -0.3 is 0 Å². The van der Waals surface area contributed by atoms with Crippen LogP contribution in [0, 0.1) is 16.7 Å². The number of sulfonamides is 1. The van der Waals surface area contributed by atoms with Crippen LogP contribution in [0.4, 0.5) is 0 Å². The highest BCUT2D eigenvalue weighted by Crippen LogP contribution is 2.64. The highest BCUT2D eigenvalue weighted by atomic mass is 35.5. The Hall–Kier alpha value is -2.02. The number of piperidine rings is 1. The maximum atomic E-state index is 13.7. The molecule has 36 heavy (non-hydrogen) atoms. The number of fused-ring (bicyclic) bond motifs is 4.